The van der Waals surface area contributed by atoms with Crippen LogP contribution in [0.15, 0.2) is 48.5 Å². The number of amides is 1. The van der Waals surface area contributed by atoms with Crippen LogP contribution in [0.3, 0.4) is 0 Å². The van der Waals surface area contributed by atoms with E-state index in [1.165, 1.54) is 6.07 Å². The van der Waals surface area contributed by atoms with Crippen molar-refractivity contribution in [1.82, 2.24) is 5.32 Å². The Morgan fingerprint density at radius 3 is 2.50 bits per heavy atom. The third kappa shape index (κ3) is 4.48. The van der Waals surface area contributed by atoms with Gasteiger partial charge in [0.15, 0.2) is 11.5 Å². The fourth-order valence-electron chi connectivity index (χ4n) is 1.92. The van der Waals surface area contributed by atoms with Gasteiger partial charge in [0.1, 0.15) is 5.82 Å². The second-order valence-electron chi connectivity index (χ2n) is 4.62. The second kappa shape index (κ2) is 8.02. The Labute approximate surface area is 128 Å². The van der Waals surface area contributed by atoms with Crippen molar-refractivity contribution in [3.05, 3.63) is 59.9 Å². The highest BCUT2D eigenvalue weighted by atomic mass is 19.1. The Morgan fingerprint density at radius 2 is 1.77 bits per heavy atom. The summed E-state index contributed by atoms with van der Waals surface area (Å²) in [6.07, 6.45) is 0.187. The summed E-state index contributed by atoms with van der Waals surface area (Å²) in [5, 5.41) is 2.66. The summed E-state index contributed by atoms with van der Waals surface area (Å²) in [6, 6.07) is 13.6. The number of rotatable bonds is 7. The Kier molecular flexibility index (Phi) is 5.77. The Balaban J connectivity index is 1.75. The summed E-state index contributed by atoms with van der Waals surface area (Å²) >= 11 is 0. The molecule has 2 aromatic carbocycles. The maximum atomic E-state index is 13.4. The minimum atomic E-state index is -0.326. The number of hydrogen-bond acceptors (Lipinski definition) is 3. The molecule has 0 fully saturated rings. The number of carbonyl (C=O) groups is 1. The third-order valence-electron chi connectivity index (χ3n) is 3.09. The molecule has 0 saturated carbocycles. The Hall–Kier alpha value is -2.56. The van der Waals surface area contributed by atoms with Crippen LogP contribution in [0.1, 0.15) is 12.0 Å². The Morgan fingerprint density at radius 1 is 1.09 bits per heavy atom. The van der Waals surface area contributed by atoms with Gasteiger partial charge in [-0.3, -0.25) is 4.79 Å². The molecule has 4 nitrogen and oxygen atoms in total. The van der Waals surface area contributed by atoms with Gasteiger partial charge in [-0.2, -0.15) is 0 Å². The highest BCUT2D eigenvalue weighted by Crippen LogP contribution is 2.25. The molecule has 2 rings (SSSR count). The number of benzene rings is 2. The summed E-state index contributed by atoms with van der Waals surface area (Å²) in [4.78, 5) is 11.7. The van der Waals surface area contributed by atoms with Crippen molar-refractivity contribution in [2.45, 2.75) is 13.0 Å². The predicted molar refractivity (Wildman–Crippen MR) is 81.4 cm³/mol. The SMILES string of the molecule is COc1ccccc1OCCC(=O)NCc1ccccc1F. The average Bonchev–Trinajstić information content (AvgIpc) is 2.54. The van der Waals surface area contributed by atoms with Crippen LogP contribution in [0.5, 0.6) is 11.5 Å². The molecule has 5 heteroatoms. The maximum Gasteiger partial charge on any atom is 0.223 e. The maximum absolute atomic E-state index is 13.4. The minimum absolute atomic E-state index is 0.167. The molecular weight excluding hydrogens is 285 g/mol. The van der Waals surface area contributed by atoms with Gasteiger partial charge in [-0.25, -0.2) is 4.39 Å². The van der Waals surface area contributed by atoms with Gasteiger partial charge in [0.2, 0.25) is 5.91 Å². The molecule has 0 spiro atoms. The first-order valence-corrected chi connectivity index (χ1v) is 6.96. The smallest absolute Gasteiger partial charge is 0.223 e. The summed E-state index contributed by atoms with van der Waals surface area (Å²) in [5.74, 6) is 0.687. The van der Waals surface area contributed by atoms with Crippen molar-refractivity contribution in [3.8, 4) is 11.5 Å². The van der Waals surface area contributed by atoms with E-state index >= 15 is 0 Å². The van der Waals surface area contributed by atoms with Gasteiger partial charge in [-0.05, 0) is 18.2 Å². The number of para-hydroxylation sites is 2. The predicted octanol–water partition coefficient (Wildman–Crippen LogP) is 2.92. The lowest BCUT2D eigenvalue weighted by molar-refractivity contribution is -0.121. The first-order chi connectivity index (χ1) is 10.7. The molecule has 0 bridgehead atoms. The van der Waals surface area contributed by atoms with E-state index in [4.69, 9.17) is 9.47 Å². The number of nitrogens with one attached hydrogen (secondary N) is 1. The van der Waals surface area contributed by atoms with Crippen LogP contribution in [-0.4, -0.2) is 19.6 Å². The van der Waals surface area contributed by atoms with E-state index in [-0.39, 0.29) is 31.3 Å². The molecule has 0 aliphatic carbocycles. The van der Waals surface area contributed by atoms with E-state index in [0.717, 1.165) is 0 Å². The highest BCUT2D eigenvalue weighted by Gasteiger charge is 2.06. The molecule has 2 aromatic rings. The zero-order valence-electron chi connectivity index (χ0n) is 12.3. The molecule has 0 heterocycles. The second-order valence-corrected chi connectivity index (χ2v) is 4.62. The lowest BCUT2D eigenvalue weighted by atomic mass is 10.2. The fourth-order valence-corrected chi connectivity index (χ4v) is 1.92. The van der Waals surface area contributed by atoms with E-state index in [1.54, 1.807) is 37.4 Å². The monoisotopic (exact) mass is 303 g/mol. The van der Waals surface area contributed by atoms with Gasteiger partial charge in [0, 0.05) is 12.1 Å². The third-order valence-corrected chi connectivity index (χ3v) is 3.09. The normalized spacial score (nSPS) is 10.1. The molecule has 0 aliphatic heterocycles. The van der Waals surface area contributed by atoms with E-state index in [1.807, 2.05) is 12.1 Å². The summed E-state index contributed by atoms with van der Waals surface area (Å²) in [5.41, 5.74) is 0.460. The van der Waals surface area contributed by atoms with Crippen LogP contribution in [0.25, 0.3) is 0 Å². The lowest BCUT2D eigenvalue weighted by Crippen LogP contribution is -2.24. The summed E-state index contributed by atoms with van der Waals surface area (Å²) in [7, 11) is 1.56. The van der Waals surface area contributed by atoms with Gasteiger partial charge >= 0.3 is 0 Å². The van der Waals surface area contributed by atoms with Crippen LogP contribution in [0.4, 0.5) is 4.39 Å². The van der Waals surface area contributed by atoms with Crippen molar-refractivity contribution in [2.24, 2.45) is 0 Å². The number of ether oxygens (including phenoxy) is 2. The van der Waals surface area contributed by atoms with Crippen LogP contribution in [-0.2, 0) is 11.3 Å². The van der Waals surface area contributed by atoms with Crippen molar-refractivity contribution in [2.75, 3.05) is 13.7 Å². The van der Waals surface area contributed by atoms with Crippen molar-refractivity contribution in [1.29, 1.82) is 0 Å². The van der Waals surface area contributed by atoms with Gasteiger partial charge in [0.25, 0.3) is 0 Å². The molecule has 0 unspecified atom stereocenters. The molecule has 0 radical (unpaired) electrons. The van der Waals surface area contributed by atoms with E-state index in [0.29, 0.717) is 17.1 Å². The van der Waals surface area contributed by atoms with Crippen LogP contribution in [0.2, 0.25) is 0 Å². The first kappa shape index (κ1) is 15.8. The van der Waals surface area contributed by atoms with Crippen molar-refractivity contribution in [3.63, 3.8) is 0 Å². The number of halogens is 1. The summed E-state index contributed by atoms with van der Waals surface area (Å²) in [6.45, 7) is 0.393. The molecule has 0 aliphatic rings. The van der Waals surface area contributed by atoms with Gasteiger partial charge in [-0.1, -0.05) is 30.3 Å². The van der Waals surface area contributed by atoms with Gasteiger partial charge < -0.3 is 14.8 Å². The fraction of sp³-hybridized carbons (Fsp3) is 0.235. The number of carbonyl (C=O) groups excluding carboxylic acids is 1. The lowest BCUT2D eigenvalue weighted by Gasteiger charge is -2.10. The van der Waals surface area contributed by atoms with Gasteiger partial charge in [-0.15, -0.1) is 0 Å². The van der Waals surface area contributed by atoms with Crippen molar-refractivity contribution >= 4 is 5.91 Å². The zero-order valence-corrected chi connectivity index (χ0v) is 12.3. The zero-order chi connectivity index (χ0) is 15.8. The van der Waals surface area contributed by atoms with Gasteiger partial charge in [0.05, 0.1) is 20.1 Å². The van der Waals surface area contributed by atoms with E-state index in [9.17, 15) is 9.18 Å². The Bertz CT molecular complexity index is 631. The molecule has 0 atom stereocenters. The van der Waals surface area contributed by atoms with Crippen LogP contribution >= 0.6 is 0 Å². The van der Waals surface area contributed by atoms with Crippen molar-refractivity contribution < 1.29 is 18.7 Å². The molecular formula is C17H18FNO3. The topological polar surface area (TPSA) is 47.6 Å². The quantitative estimate of drug-likeness (QED) is 0.855. The largest absolute Gasteiger partial charge is 0.493 e. The number of methoxy groups -OCH3 is 1. The van der Waals surface area contributed by atoms with Crippen LogP contribution < -0.4 is 14.8 Å². The van der Waals surface area contributed by atoms with E-state index in [2.05, 4.69) is 5.32 Å². The molecule has 22 heavy (non-hydrogen) atoms. The van der Waals surface area contributed by atoms with Crippen LogP contribution in [0, 0.1) is 5.82 Å². The average molecular weight is 303 g/mol. The molecule has 0 aromatic heterocycles. The molecule has 1 N–H and O–H groups in total. The number of hydrogen-bond donors (Lipinski definition) is 1. The minimum Gasteiger partial charge on any atom is -0.493 e. The summed E-state index contributed by atoms with van der Waals surface area (Å²) < 4.78 is 24.1. The highest BCUT2D eigenvalue weighted by molar-refractivity contribution is 5.76. The molecule has 116 valence electrons. The van der Waals surface area contributed by atoms with E-state index < -0.39 is 0 Å². The molecule has 1 amide bonds. The first-order valence-electron chi connectivity index (χ1n) is 6.96. The standard InChI is InChI=1S/C17H18FNO3/c1-21-15-8-4-5-9-16(15)22-11-10-17(20)19-12-13-6-2-3-7-14(13)18/h2-9H,10-12H2,1H3,(H,19,20). The molecule has 0 saturated heterocycles.